The Morgan fingerprint density at radius 1 is 1.13 bits per heavy atom. The number of halogens is 3. The quantitative estimate of drug-likeness (QED) is 0.202. The van der Waals surface area contributed by atoms with Crippen molar-refractivity contribution in [1.29, 1.82) is 5.26 Å². The van der Waals surface area contributed by atoms with Crippen molar-refractivity contribution in [2.45, 2.75) is 0 Å². The summed E-state index contributed by atoms with van der Waals surface area (Å²) in [4.78, 5) is 31.4. The van der Waals surface area contributed by atoms with E-state index in [2.05, 4.69) is 15.2 Å². The third-order valence-corrected chi connectivity index (χ3v) is 4.68. The fraction of sp³-hybridized carbons (Fsp3) is 0.0500. The monoisotopic (exact) mass is 521 g/mol. The lowest BCUT2D eigenvalue weighted by Gasteiger charge is -2.15. The lowest BCUT2D eigenvalue weighted by molar-refractivity contribution is 0.0509. The summed E-state index contributed by atoms with van der Waals surface area (Å²) in [5, 5.41) is 11.1. The molecule has 0 aliphatic carbocycles. The number of hydrogen-bond donors (Lipinski definition) is 0. The van der Waals surface area contributed by atoms with Crippen molar-refractivity contribution in [3.8, 4) is 34.2 Å². The third-order valence-electron chi connectivity index (χ3n) is 4.13. The fourth-order valence-electron chi connectivity index (χ4n) is 2.83. The van der Waals surface area contributed by atoms with E-state index in [0.29, 0.717) is 3.70 Å². The molecule has 0 N–H and O–H groups in total. The summed E-state index contributed by atoms with van der Waals surface area (Å²) >= 11 is 1.83. The Hall–Kier alpha value is -3.46. The second kappa shape index (κ2) is 8.91. The summed E-state index contributed by atoms with van der Waals surface area (Å²) in [6.45, 7) is 0. The number of ether oxygens (including phenoxy) is 1. The molecule has 3 rings (SSSR count). The van der Waals surface area contributed by atoms with Gasteiger partial charge in [-0.15, -0.1) is 4.91 Å². The molecule has 0 atom stereocenters. The molecule has 0 aliphatic heterocycles. The number of methoxy groups -OCH3 is 1. The number of nitriles is 1. The molecule has 0 unspecified atom stereocenters. The Bertz CT molecular complexity index is 1210. The van der Waals surface area contributed by atoms with E-state index in [9.17, 15) is 18.5 Å². The highest BCUT2D eigenvalue weighted by atomic mass is 127. The van der Waals surface area contributed by atoms with E-state index in [1.54, 1.807) is 6.07 Å². The van der Waals surface area contributed by atoms with Crippen LogP contribution in [-0.4, -0.2) is 18.1 Å². The Labute approximate surface area is 182 Å². The molecule has 2 aromatic carbocycles. The standard InChI is InChI=1S/C20H10F2IN3O4/c1-29-16-5-4-10(6-15(16)22)18-13(20(27)30-26-28)8-17(23)25-19(18)11-2-3-12(9-24)14(21)7-11/h2-8H,1H3. The Morgan fingerprint density at radius 3 is 2.43 bits per heavy atom. The van der Waals surface area contributed by atoms with Crippen molar-refractivity contribution in [2.75, 3.05) is 7.11 Å². The van der Waals surface area contributed by atoms with Gasteiger partial charge in [0.2, 0.25) is 0 Å². The topological polar surface area (TPSA) is 102 Å². The molecule has 0 radical (unpaired) electrons. The second-order valence-corrected chi connectivity index (χ2v) is 6.93. The number of carbonyl (C=O) groups excluding carboxylic acids is 1. The zero-order chi connectivity index (χ0) is 21.8. The second-order valence-electron chi connectivity index (χ2n) is 5.83. The molecule has 0 saturated heterocycles. The molecule has 1 aromatic heterocycles. The van der Waals surface area contributed by atoms with Crippen LogP contribution < -0.4 is 4.74 Å². The molecule has 30 heavy (non-hydrogen) atoms. The number of nitrogens with zero attached hydrogens (tertiary/aromatic N) is 3. The molecule has 0 fully saturated rings. The van der Waals surface area contributed by atoms with Gasteiger partial charge in [-0.3, -0.25) is 4.84 Å². The van der Waals surface area contributed by atoms with Gasteiger partial charge in [-0.2, -0.15) is 5.26 Å². The first kappa shape index (κ1) is 21.3. The van der Waals surface area contributed by atoms with Crippen LogP contribution >= 0.6 is 22.6 Å². The Morgan fingerprint density at radius 2 is 1.83 bits per heavy atom. The first-order valence-electron chi connectivity index (χ1n) is 8.18. The van der Waals surface area contributed by atoms with E-state index in [1.165, 1.54) is 37.4 Å². The zero-order valence-electron chi connectivity index (χ0n) is 15.1. The Kier molecular flexibility index (Phi) is 6.31. The Balaban J connectivity index is 2.35. The summed E-state index contributed by atoms with van der Waals surface area (Å²) < 4.78 is 33.8. The van der Waals surface area contributed by atoms with Gasteiger partial charge in [0.05, 0.1) is 23.9 Å². The highest BCUT2D eigenvalue weighted by molar-refractivity contribution is 14.1. The number of aromatic nitrogens is 1. The summed E-state index contributed by atoms with van der Waals surface area (Å²) in [6, 6.07) is 10.7. The highest BCUT2D eigenvalue weighted by Gasteiger charge is 2.23. The van der Waals surface area contributed by atoms with Crippen LogP contribution in [0.5, 0.6) is 5.75 Å². The van der Waals surface area contributed by atoms with E-state index >= 15 is 0 Å². The first-order chi connectivity index (χ1) is 14.4. The average molecular weight is 521 g/mol. The van der Waals surface area contributed by atoms with Crippen LogP contribution in [-0.2, 0) is 4.84 Å². The fourth-order valence-corrected chi connectivity index (χ4v) is 3.39. The molecular weight excluding hydrogens is 511 g/mol. The van der Waals surface area contributed by atoms with Crippen LogP contribution in [0.4, 0.5) is 8.78 Å². The maximum absolute atomic E-state index is 14.4. The number of rotatable bonds is 5. The lowest BCUT2D eigenvalue weighted by atomic mass is 9.94. The molecule has 1 heterocycles. The minimum absolute atomic E-state index is 0.0260. The van der Waals surface area contributed by atoms with Gasteiger partial charge < -0.3 is 4.74 Å². The molecule has 0 bridgehead atoms. The third kappa shape index (κ3) is 4.11. The van der Waals surface area contributed by atoms with E-state index in [0.717, 1.165) is 12.1 Å². The smallest absolute Gasteiger partial charge is 0.370 e. The van der Waals surface area contributed by atoms with Gasteiger partial charge >= 0.3 is 5.97 Å². The van der Waals surface area contributed by atoms with Crippen molar-refractivity contribution >= 4 is 28.6 Å². The molecule has 0 aliphatic rings. The van der Waals surface area contributed by atoms with Crippen LogP contribution in [0.1, 0.15) is 15.9 Å². The van der Waals surface area contributed by atoms with E-state index in [-0.39, 0.29) is 39.3 Å². The number of hydrogen-bond acceptors (Lipinski definition) is 7. The predicted octanol–water partition coefficient (Wildman–Crippen LogP) is 5.02. The summed E-state index contributed by atoms with van der Waals surface area (Å²) in [6.07, 6.45) is 0. The number of pyridine rings is 1. The van der Waals surface area contributed by atoms with Crippen LogP contribution in [0, 0.1) is 31.6 Å². The van der Waals surface area contributed by atoms with Gasteiger partial charge in [0.1, 0.15) is 15.6 Å². The maximum atomic E-state index is 14.4. The van der Waals surface area contributed by atoms with Gasteiger partial charge in [0.15, 0.2) is 16.9 Å². The van der Waals surface area contributed by atoms with Crippen LogP contribution in [0.15, 0.2) is 47.8 Å². The van der Waals surface area contributed by atoms with Crippen LogP contribution in [0.25, 0.3) is 22.4 Å². The largest absolute Gasteiger partial charge is 0.494 e. The van der Waals surface area contributed by atoms with Crippen molar-refractivity contribution in [2.24, 2.45) is 5.34 Å². The molecular formula is C20H10F2IN3O4. The summed E-state index contributed by atoms with van der Waals surface area (Å²) in [5.41, 5.74) is 0.339. The van der Waals surface area contributed by atoms with Gasteiger partial charge in [0.25, 0.3) is 0 Å². The maximum Gasteiger partial charge on any atom is 0.370 e. The number of carbonyl (C=O) groups is 1. The lowest BCUT2D eigenvalue weighted by Crippen LogP contribution is -2.07. The normalized spacial score (nSPS) is 10.2. The van der Waals surface area contributed by atoms with Crippen molar-refractivity contribution in [3.63, 3.8) is 0 Å². The minimum Gasteiger partial charge on any atom is -0.494 e. The molecule has 0 spiro atoms. The van der Waals surface area contributed by atoms with Gasteiger partial charge in [0, 0.05) is 11.1 Å². The van der Waals surface area contributed by atoms with Crippen molar-refractivity contribution < 1.29 is 23.1 Å². The van der Waals surface area contributed by atoms with E-state index < -0.39 is 17.6 Å². The first-order valence-corrected chi connectivity index (χ1v) is 9.26. The molecule has 0 saturated carbocycles. The summed E-state index contributed by atoms with van der Waals surface area (Å²) in [5.74, 6) is -2.62. The van der Waals surface area contributed by atoms with Gasteiger partial charge in [-0.1, -0.05) is 12.1 Å². The average Bonchev–Trinajstić information content (AvgIpc) is 2.73. The molecule has 150 valence electrons. The predicted molar refractivity (Wildman–Crippen MR) is 110 cm³/mol. The molecule has 10 heteroatoms. The van der Waals surface area contributed by atoms with Gasteiger partial charge in [-0.25, -0.2) is 18.6 Å². The van der Waals surface area contributed by atoms with E-state index in [1.807, 2.05) is 22.6 Å². The minimum atomic E-state index is -1.09. The summed E-state index contributed by atoms with van der Waals surface area (Å²) in [7, 11) is 1.30. The number of benzene rings is 2. The van der Waals surface area contributed by atoms with Crippen LogP contribution in [0.3, 0.4) is 0 Å². The van der Waals surface area contributed by atoms with Gasteiger partial charge in [-0.05, 0) is 58.5 Å². The SMILES string of the molecule is COc1ccc(-c2c(C(=O)ON=O)cc(I)nc2-c2ccc(C#N)c(F)c2)cc1F. The van der Waals surface area contributed by atoms with Crippen molar-refractivity contribution in [1.82, 2.24) is 4.98 Å². The molecule has 3 aromatic rings. The van der Waals surface area contributed by atoms with Crippen molar-refractivity contribution in [3.05, 3.63) is 73.8 Å². The molecule has 0 amide bonds. The zero-order valence-corrected chi connectivity index (χ0v) is 17.3. The van der Waals surface area contributed by atoms with E-state index in [4.69, 9.17) is 10.00 Å². The highest BCUT2D eigenvalue weighted by Crippen LogP contribution is 2.37. The molecule has 7 nitrogen and oxygen atoms in total. The van der Waals surface area contributed by atoms with Crippen LogP contribution in [0.2, 0.25) is 0 Å².